The summed E-state index contributed by atoms with van der Waals surface area (Å²) in [4.78, 5) is 72.3. The average molecular weight is 839 g/mol. The maximum absolute atomic E-state index is 13.8. The van der Waals surface area contributed by atoms with Crippen LogP contribution >= 0.6 is 0 Å². The summed E-state index contributed by atoms with van der Waals surface area (Å²) in [6, 6.07) is 12.2. The zero-order valence-corrected chi connectivity index (χ0v) is 34.7. The van der Waals surface area contributed by atoms with Gasteiger partial charge in [-0.05, 0) is 81.0 Å². The minimum atomic E-state index is -0.881. The van der Waals surface area contributed by atoms with Crippen molar-refractivity contribution in [1.82, 2.24) is 40.4 Å². The van der Waals surface area contributed by atoms with Gasteiger partial charge in [0.1, 0.15) is 29.5 Å². The first-order valence-corrected chi connectivity index (χ1v) is 21.3. The first-order chi connectivity index (χ1) is 29.8. The molecule has 2 aromatic heterocycles. The molecule has 0 saturated carbocycles. The summed E-state index contributed by atoms with van der Waals surface area (Å²) in [6.07, 6.45) is 7.00. The highest BCUT2D eigenvalue weighted by molar-refractivity contribution is 5.87. The van der Waals surface area contributed by atoms with Gasteiger partial charge in [0, 0.05) is 43.6 Å². The Kier molecular flexibility index (Phi) is 13.1. The molecule has 4 amide bonds. The first kappa shape index (κ1) is 41.8. The van der Waals surface area contributed by atoms with E-state index in [-0.39, 0.29) is 30.5 Å². The lowest BCUT2D eigenvalue weighted by Crippen LogP contribution is -2.50. The van der Waals surface area contributed by atoms with Crippen LogP contribution in [-0.4, -0.2) is 120 Å². The maximum Gasteiger partial charge on any atom is 0.407 e. The topological polar surface area (TPSA) is 202 Å². The summed E-state index contributed by atoms with van der Waals surface area (Å²) in [7, 11) is 2.57. The van der Waals surface area contributed by atoms with E-state index in [1.165, 1.54) is 14.2 Å². The minimum Gasteiger partial charge on any atom is -0.493 e. The van der Waals surface area contributed by atoms with E-state index in [0.717, 1.165) is 65.7 Å². The number of benzene rings is 2. The summed E-state index contributed by atoms with van der Waals surface area (Å²) in [5.74, 6) is 1.70. The van der Waals surface area contributed by atoms with E-state index in [4.69, 9.17) is 33.7 Å². The SMILES string of the molecule is COC(=O)N[C@H]1COCCCCOc2cc(-c3ccc(-c4nc5[nH]c4COCCCC[C@H](NC(=O)OC)C(=O)N4CCC[C@@H]54)cc3)ccc2-c2c[nH]c(n2)[C@@H]2CCCN2C1=O. The Bertz CT molecular complexity index is 2190. The number of amides is 4. The predicted octanol–water partition coefficient (Wildman–Crippen LogP) is 5.80. The third kappa shape index (κ3) is 9.37. The van der Waals surface area contributed by atoms with Crippen LogP contribution in [0.15, 0.2) is 48.7 Å². The molecule has 61 heavy (non-hydrogen) atoms. The molecule has 4 aliphatic rings. The highest BCUT2D eigenvalue weighted by Crippen LogP contribution is 2.38. The van der Waals surface area contributed by atoms with Crippen LogP contribution in [0, 0.1) is 0 Å². The number of aromatic amines is 2. The second-order valence-corrected chi connectivity index (χ2v) is 15.8. The second-order valence-electron chi connectivity index (χ2n) is 15.8. The third-order valence-corrected chi connectivity index (χ3v) is 11.9. The lowest BCUT2D eigenvalue weighted by atomic mass is 9.99. The van der Waals surface area contributed by atoms with Gasteiger partial charge in [0.25, 0.3) is 0 Å². The van der Waals surface area contributed by atoms with E-state index in [0.29, 0.717) is 88.3 Å². The number of carbonyl (C=O) groups excluding carboxylic acids is 4. The number of fused-ring (bicyclic) bond motifs is 10. The highest BCUT2D eigenvalue weighted by atomic mass is 16.5. The van der Waals surface area contributed by atoms with Gasteiger partial charge in [-0.25, -0.2) is 19.6 Å². The van der Waals surface area contributed by atoms with Crippen molar-refractivity contribution in [2.75, 3.05) is 53.7 Å². The van der Waals surface area contributed by atoms with Crippen molar-refractivity contribution < 1.29 is 42.9 Å². The maximum atomic E-state index is 13.8. The molecule has 2 fully saturated rings. The molecule has 17 heteroatoms. The predicted molar refractivity (Wildman–Crippen MR) is 222 cm³/mol. The molecule has 0 radical (unpaired) electrons. The van der Waals surface area contributed by atoms with Crippen LogP contribution in [0.4, 0.5) is 9.59 Å². The van der Waals surface area contributed by atoms with Gasteiger partial charge in [0.15, 0.2) is 0 Å². The molecule has 0 unspecified atom stereocenters. The van der Waals surface area contributed by atoms with Crippen LogP contribution in [0.3, 0.4) is 0 Å². The molecule has 8 rings (SSSR count). The van der Waals surface area contributed by atoms with E-state index < -0.39 is 24.3 Å². The zero-order valence-electron chi connectivity index (χ0n) is 34.7. The van der Waals surface area contributed by atoms with Crippen LogP contribution in [0.5, 0.6) is 5.75 Å². The quantitative estimate of drug-likeness (QED) is 0.194. The van der Waals surface area contributed by atoms with Crippen LogP contribution in [-0.2, 0) is 35.1 Å². The monoisotopic (exact) mass is 838 g/mol. The lowest BCUT2D eigenvalue weighted by molar-refractivity contribution is -0.136. The van der Waals surface area contributed by atoms with Crippen molar-refractivity contribution in [3.8, 4) is 39.4 Å². The molecule has 0 aliphatic carbocycles. The number of nitrogens with one attached hydrogen (secondary N) is 4. The molecular weight excluding hydrogens is 785 g/mol. The molecule has 17 nitrogen and oxygen atoms in total. The first-order valence-electron chi connectivity index (χ1n) is 21.3. The molecular formula is C44H54N8O9. The number of aromatic nitrogens is 4. The van der Waals surface area contributed by atoms with Gasteiger partial charge in [0.2, 0.25) is 11.8 Å². The summed E-state index contributed by atoms with van der Waals surface area (Å²) in [6.45, 7) is 2.83. The summed E-state index contributed by atoms with van der Waals surface area (Å²) >= 11 is 0. The fourth-order valence-electron chi connectivity index (χ4n) is 8.71. The largest absolute Gasteiger partial charge is 0.493 e. The smallest absolute Gasteiger partial charge is 0.407 e. The Morgan fingerprint density at radius 2 is 1.36 bits per heavy atom. The van der Waals surface area contributed by atoms with Gasteiger partial charge in [0.05, 0.1) is 63.2 Å². The van der Waals surface area contributed by atoms with Crippen molar-refractivity contribution in [3.05, 3.63) is 66.0 Å². The van der Waals surface area contributed by atoms with Crippen LogP contribution in [0.25, 0.3) is 33.6 Å². The van der Waals surface area contributed by atoms with Crippen molar-refractivity contribution in [1.29, 1.82) is 0 Å². The number of methoxy groups -OCH3 is 2. The average Bonchev–Trinajstić information content (AvgIpc) is 4.12. The van der Waals surface area contributed by atoms with Gasteiger partial charge in [-0.1, -0.05) is 30.3 Å². The van der Waals surface area contributed by atoms with E-state index >= 15 is 0 Å². The Morgan fingerprint density at radius 3 is 2.11 bits per heavy atom. The number of rotatable bonds is 4. The molecule has 4 aromatic rings. The number of hydrogen-bond acceptors (Lipinski definition) is 11. The van der Waals surface area contributed by atoms with Gasteiger partial charge < -0.3 is 54.1 Å². The van der Waals surface area contributed by atoms with E-state index in [1.807, 2.05) is 35.4 Å². The van der Waals surface area contributed by atoms with E-state index in [2.05, 4.69) is 38.8 Å². The molecule has 4 bridgehead atoms. The van der Waals surface area contributed by atoms with Crippen molar-refractivity contribution in [2.24, 2.45) is 0 Å². The normalized spacial score (nSPS) is 22.7. The number of imidazole rings is 2. The number of ether oxygens (including phenoxy) is 5. The van der Waals surface area contributed by atoms with Crippen molar-refractivity contribution >= 4 is 24.0 Å². The molecule has 0 spiro atoms. The lowest BCUT2D eigenvalue weighted by Gasteiger charge is -2.28. The summed E-state index contributed by atoms with van der Waals surface area (Å²) in [5.41, 5.74) is 6.02. The fraction of sp³-hybridized carbons (Fsp3) is 0.500. The number of alkyl carbamates (subject to hydrolysis) is 2. The molecule has 4 N–H and O–H groups in total. The van der Waals surface area contributed by atoms with Crippen LogP contribution in [0.2, 0.25) is 0 Å². The summed E-state index contributed by atoms with van der Waals surface area (Å²) in [5, 5.41) is 5.40. The number of H-pyrrole nitrogens is 2. The Hall–Kier alpha value is -5.94. The van der Waals surface area contributed by atoms with Gasteiger partial charge in [-0.15, -0.1) is 0 Å². The number of nitrogens with zero attached hydrogens (tertiary/aromatic N) is 4. The standard InChI is InChI=1S/C44H54N8O9/c1-57-43(55)48-31-9-3-4-20-59-25-33-38(50-40(47-33)36-11-8-19-52(36)41(31)53)28-14-12-27(13-15-28)29-16-17-30-32-24-45-39(46-32)35-10-7-18-51(35)42(54)34(49-44(56)58-2)26-60-21-5-6-22-61-37(30)23-29/h12-17,23-24,31,34-36H,3-11,18-22,25-26H2,1-2H3,(H,45,46)(H,47,50)(H,48,55)(H,49,56)/t31-,34-,35-,36-/m0/s1. The van der Waals surface area contributed by atoms with Crippen LogP contribution in [0.1, 0.15) is 87.2 Å². The summed E-state index contributed by atoms with van der Waals surface area (Å²) < 4.78 is 28.1. The Labute approximate surface area is 354 Å². The fourth-order valence-corrected chi connectivity index (χ4v) is 8.71. The van der Waals surface area contributed by atoms with Gasteiger partial charge in [-0.3, -0.25) is 9.59 Å². The van der Waals surface area contributed by atoms with Gasteiger partial charge >= 0.3 is 12.2 Å². The van der Waals surface area contributed by atoms with Crippen molar-refractivity contribution in [3.63, 3.8) is 0 Å². The molecule has 4 aliphatic heterocycles. The van der Waals surface area contributed by atoms with E-state index in [9.17, 15) is 19.2 Å². The van der Waals surface area contributed by atoms with E-state index in [1.54, 1.807) is 4.90 Å². The molecule has 2 aromatic carbocycles. The Morgan fingerprint density at radius 1 is 0.721 bits per heavy atom. The zero-order chi connectivity index (χ0) is 42.3. The molecule has 324 valence electrons. The van der Waals surface area contributed by atoms with Crippen LogP contribution < -0.4 is 15.4 Å². The highest BCUT2D eigenvalue weighted by Gasteiger charge is 2.38. The molecule has 6 heterocycles. The molecule has 2 saturated heterocycles. The number of carbonyl (C=O) groups is 4. The van der Waals surface area contributed by atoms with Crippen molar-refractivity contribution in [2.45, 2.75) is 88.6 Å². The third-order valence-electron chi connectivity index (χ3n) is 11.9. The minimum absolute atomic E-state index is 0.0287. The number of hydrogen-bond donors (Lipinski definition) is 4. The Balaban J connectivity index is 1.04. The molecule has 4 atom stereocenters. The van der Waals surface area contributed by atoms with Gasteiger partial charge in [-0.2, -0.15) is 0 Å². The second kappa shape index (κ2) is 19.2.